The lowest BCUT2D eigenvalue weighted by Gasteiger charge is -2.21. The van der Waals surface area contributed by atoms with Crippen LogP contribution >= 0.6 is 11.3 Å². The van der Waals surface area contributed by atoms with Crippen molar-refractivity contribution in [1.29, 1.82) is 0 Å². The molecule has 0 saturated carbocycles. The normalized spacial score (nSPS) is 17.3. The zero-order valence-corrected chi connectivity index (χ0v) is 17.1. The summed E-state index contributed by atoms with van der Waals surface area (Å²) in [6, 6.07) is 9.30. The number of amides is 1. The van der Waals surface area contributed by atoms with Crippen molar-refractivity contribution in [2.24, 2.45) is 0 Å². The minimum Gasteiger partial charge on any atom is -0.465 e. The predicted octanol–water partition coefficient (Wildman–Crippen LogP) is 2.05. The first kappa shape index (κ1) is 20.5. The summed E-state index contributed by atoms with van der Waals surface area (Å²) in [7, 11) is 1.34. The largest absolute Gasteiger partial charge is 0.465 e. The van der Waals surface area contributed by atoms with Crippen LogP contribution in [0.3, 0.4) is 0 Å². The Kier molecular flexibility index (Phi) is 7.19. The second kappa shape index (κ2) is 9.82. The van der Waals surface area contributed by atoms with Gasteiger partial charge in [0.25, 0.3) is 5.91 Å². The number of benzene rings is 1. The molecule has 1 aromatic heterocycles. The van der Waals surface area contributed by atoms with Crippen molar-refractivity contribution >= 4 is 28.9 Å². The number of hydrogen-bond acceptors (Lipinski definition) is 5. The molecule has 3 rings (SSSR count). The highest BCUT2D eigenvalue weighted by atomic mass is 32.1. The van der Waals surface area contributed by atoms with Crippen LogP contribution in [0.25, 0.3) is 0 Å². The monoisotopic (exact) mass is 403 g/mol. The van der Waals surface area contributed by atoms with Crippen molar-refractivity contribution in [3.05, 3.63) is 51.7 Å². The van der Waals surface area contributed by atoms with Gasteiger partial charge in [0.1, 0.15) is 19.2 Å². The quantitative estimate of drug-likeness (QED) is 0.662. The van der Waals surface area contributed by atoms with Crippen molar-refractivity contribution in [3.63, 3.8) is 0 Å². The maximum Gasteiger partial charge on any atom is 0.337 e. The van der Waals surface area contributed by atoms with E-state index >= 15 is 0 Å². The zero-order chi connectivity index (χ0) is 19.9. The van der Waals surface area contributed by atoms with Gasteiger partial charge in [0.05, 0.1) is 17.6 Å². The summed E-state index contributed by atoms with van der Waals surface area (Å²) in [5.41, 5.74) is 1.96. The van der Waals surface area contributed by atoms with Gasteiger partial charge in [-0.3, -0.25) is 4.79 Å². The second-order valence-corrected chi connectivity index (χ2v) is 8.12. The van der Waals surface area contributed by atoms with Gasteiger partial charge in [0.2, 0.25) is 0 Å². The first-order valence-electron chi connectivity index (χ1n) is 9.51. The summed E-state index contributed by atoms with van der Waals surface area (Å²) < 4.78 is 10.5. The molecule has 0 bridgehead atoms. The molecule has 2 aromatic rings. The van der Waals surface area contributed by atoms with Crippen LogP contribution in [0.15, 0.2) is 35.7 Å². The van der Waals surface area contributed by atoms with E-state index in [-0.39, 0.29) is 12.0 Å². The molecular formula is C21H27N2O4S+. The number of rotatable bonds is 8. The fraction of sp³-hybridized carbons (Fsp3) is 0.429. The van der Waals surface area contributed by atoms with Crippen molar-refractivity contribution in [2.45, 2.75) is 32.4 Å². The number of esters is 1. The van der Waals surface area contributed by atoms with Crippen LogP contribution < -0.4 is 10.2 Å². The Hall–Kier alpha value is -2.22. The zero-order valence-electron chi connectivity index (χ0n) is 16.3. The summed E-state index contributed by atoms with van der Waals surface area (Å²) in [5, 5.41) is 5.02. The number of anilines is 1. The molecule has 2 heterocycles. The molecule has 1 unspecified atom stereocenters. The summed E-state index contributed by atoms with van der Waals surface area (Å²) >= 11 is 1.71. The van der Waals surface area contributed by atoms with Gasteiger partial charge in [-0.15, -0.1) is 11.3 Å². The molecule has 1 aromatic carbocycles. The van der Waals surface area contributed by atoms with E-state index in [1.165, 1.54) is 16.9 Å². The number of carbonyl (C=O) groups is 2. The Morgan fingerprint density at radius 3 is 2.89 bits per heavy atom. The molecule has 150 valence electrons. The Balaban J connectivity index is 1.66. The minimum absolute atomic E-state index is 0.0744. The molecule has 1 amide bonds. The fourth-order valence-corrected chi connectivity index (χ4v) is 4.19. The van der Waals surface area contributed by atoms with Crippen LogP contribution in [-0.4, -0.2) is 44.8 Å². The van der Waals surface area contributed by atoms with E-state index in [4.69, 9.17) is 9.47 Å². The highest BCUT2D eigenvalue weighted by molar-refractivity contribution is 7.09. The van der Waals surface area contributed by atoms with Crippen LogP contribution in [0.4, 0.5) is 5.69 Å². The lowest BCUT2D eigenvalue weighted by Crippen LogP contribution is -3.12. The van der Waals surface area contributed by atoms with Gasteiger partial charge >= 0.3 is 5.97 Å². The number of ether oxygens (including phenoxy) is 2. The van der Waals surface area contributed by atoms with E-state index in [0.717, 1.165) is 38.1 Å². The number of thiophene rings is 1. The minimum atomic E-state index is -0.418. The maximum atomic E-state index is 12.7. The van der Waals surface area contributed by atoms with E-state index in [2.05, 4.69) is 16.8 Å². The molecular weight excluding hydrogens is 376 g/mol. The number of methoxy groups -OCH3 is 1. The molecule has 1 saturated heterocycles. The van der Waals surface area contributed by atoms with Gasteiger partial charge in [-0.1, -0.05) is 12.1 Å². The Labute approximate surface area is 169 Å². The SMILES string of the molecule is COC(=O)c1ccc(C)c(NC(=O)C[NH+](Cc2cccs2)C[C@H]2CCCO2)c1. The third kappa shape index (κ3) is 5.64. The number of quaternary nitrogens is 1. The van der Waals surface area contributed by atoms with E-state index < -0.39 is 5.97 Å². The van der Waals surface area contributed by atoms with Crippen LogP contribution in [0.1, 0.15) is 33.6 Å². The van der Waals surface area contributed by atoms with Crippen LogP contribution in [0.2, 0.25) is 0 Å². The van der Waals surface area contributed by atoms with Crippen molar-refractivity contribution in [3.8, 4) is 0 Å². The molecule has 0 aliphatic carbocycles. The van der Waals surface area contributed by atoms with Gasteiger partial charge in [-0.25, -0.2) is 4.79 Å². The molecule has 7 heteroatoms. The first-order valence-corrected chi connectivity index (χ1v) is 10.4. The summed E-state index contributed by atoms with van der Waals surface area (Å²) in [4.78, 5) is 26.9. The molecule has 1 aliphatic heterocycles. The third-order valence-corrected chi connectivity index (χ3v) is 5.76. The number of carbonyl (C=O) groups excluding carboxylic acids is 2. The van der Waals surface area contributed by atoms with Crippen molar-refractivity contribution < 1.29 is 24.0 Å². The molecule has 1 fully saturated rings. The number of aryl methyl sites for hydroxylation is 1. The van der Waals surface area contributed by atoms with Gasteiger partial charge in [0.15, 0.2) is 6.54 Å². The third-order valence-electron chi connectivity index (χ3n) is 4.89. The van der Waals surface area contributed by atoms with E-state index in [1.807, 2.05) is 19.1 Å². The smallest absolute Gasteiger partial charge is 0.337 e. The summed E-state index contributed by atoms with van der Waals surface area (Å²) in [6.07, 6.45) is 2.35. The van der Waals surface area contributed by atoms with Gasteiger partial charge < -0.3 is 19.7 Å². The highest BCUT2D eigenvalue weighted by Gasteiger charge is 2.24. The summed E-state index contributed by atoms with van der Waals surface area (Å²) in [5.74, 6) is -0.492. The van der Waals surface area contributed by atoms with Crippen LogP contribution in [-0.2, 0) is 20.8 Å². The molecule has 0 spiro atoms. The van der Waals surface area contributed by atoms with E-state index in [9.17, 15) is 9.59 Å². The average molecular weight is 404 g/mol. The molecule has 28 heavy (non-hydrogen) atoms. The fourth-order valence-electron chi connectivity index (χ4n) is 3.42. The molecule has 2 N–H and O–H groups in total. The predicted molar refractivity (Wildman–Crippen MR) is 109 cm³/mol. The molecule has 0 radical (unpaired) electrons. The summed E-state index contributed by atoms with van der Waals surface area (Å²) in [6.45, 7) is 4.67. The van der Waals surface area contributed by atoms with E-state index in [0.29, 0.717) is 17.8 Å². The van der Waals surface area contributed by atoms with Gasteiger partial charge in [-0.2, -0.15) is 0 Å². The van der Waals surface area contributed by atoms with Crippen molar-refractivity contribution in [2.75, 3.05) is 32.1 Å². The van der Waals surface area contributed by atoms with E-state index in [1.54, 1.807) is 23.5 Å². The lowest BCUT2D eigenvalue weighted by molar-refractivity contribution is -0.908. The number of nitrogens with one attached hydrogen (secondary N) is 2. The maximum absolute atomic E-state index is 12.7. The first-order chi connectivity index (χ1) is 13.5. The molecule has 1 aliphatic rings. The lowest BCUT2D eigenvalue weighted by atomic mass is 10.1. The van der Waals surface area contributed by atoms with Crippen LogP contribution in [0, 0.1) is 6.92 Å². The molecule has 2 atom stereocenters. The Bertz CT molecular complexity index is 801. The standard InChI is InChI=1S/C21H26N2O4S/c1-15-7-8-16(21(25)26-2)11-19(15)22-20(24)14-23(12-17-5-3-9-27-17)13-18-6-4-10-28-18/h4,6-8,10-11,17H,3,5,9,12-14H2,1-2H3,(H,22,24)/p+1/t17-/m1/s1. The van der Waals surface area contributed by atoms with Gasteiger partial charge in [-0.05, 0) is 48.9 Å². The Morgan fingerprint density at radius 2 is 2.21 bits per heavy atom. The van der Waals surface area contributed by atoms with Gasteiger partial charge in [0, 0.05) is 12.3 Å². The molecule has 6 nitrogen and oxygen atoms in total. The van der Waals surface area contributed by atoms with Crippen molar-refractivity contribution in [1.82, 2.24) is 0 Å². The topological polar surface area (TPSA) is 69.1 Å². The number of hydrogen-bond donors (Lipinski definition) is 2. The second-order valence-electron chi connectivity index (χ2n) is 7.09. The Morgan fingerprint density at radius 1 is 1.36 bits per heavy atom. The highest BCUT2D eigenvalue weighted by Crippen LogP contribution is 2.17. The van der Waals surface area contributed by atoms with Crippen LogP contribution in [0.5, 0.6) is 0 Å². The average Bonchev–Trinajstić information content (AvgIpc) is 3.37.